The number of nitrogens with one attached hydrogen (secondary N) is 1. The van der Waals surface area contributed by atoms with Gasteiger partial charge in [0, 0.05) is 26.2 Å². The largest absolute Gasteiger partial charge is 0.338 e. The number of piperazine rings is 1. The molecule has 1 aromatic carbocycles. The molecule has 4 heteroatoms. The van der Waals surface area contributed by atoms with E-state index in [1.165, 1.54) is 18.4 Å². The number of benzene rings is 1. The highest BCUT2D eigenvalue weighted by atomic mass is 16.2. The van der Waals surface area contributed by atoms with Crippen molar-refractivity contribution in [2.75, 3.05) is 39.3 Å². The SMILES string of the molecule is Cc1ccc(C(C(=O)N2CCNCC2)N2CCCC2)cc1. The van der Waals surface area contributed by atoms with E-state index in [4.69, 9.17) is 0 Å². The molecule has 0 aliphatic carbocycles. The molecule has 0 aromatic heterocycles. The molecule has 0 bridgehead atoms. The van der Waals surface area contributed by atoms with Gasteiger partial charge in [-0.05, 0) is 38.4 Å². The highest BCUT2D eigenvalue weighted by molar-refractivity contribution is 5.83. The quantitative estimate of drug-likeness (QED) is 0.916. The van der Waals surface area contributed by atoms with E-state index in [0.29, 0.717) is 0 Å². The molecule has 2 saturated heterocycles. The van der Waals surface area contributed by atoms with Gasteiger partial charge in [-0.2, -0.15) is 0 Å². The number of amides is 1. The summed E-state index contributed by atoms with van der Waals surface area (Å²) in [7, 11) is 0. The highest BCUT2D eigenvalue weighted by Gasteiger charge is 2.33. The second kappa shape index (κ2) is 6.58. The van der Waals surface area contributed by atoms with Gasteiger partial charge in [-0.3, -0.25) is 9.69 Å². The number of rotatable bonds is 3. The van der Waals surface area contributed by atoms with Gasteiger partial charge >= 0.3 is 0 Å². The molecule has 2 fully saturated rings. The molecule has 0 spiro atoms. The Balaban J connectivity index is 1.84. The van der Waals surface area contributed by atoms with Crippen molar-refractivity contribution in [2.45, 2.75) is 25.8 Å². The van der Waals surface area contributed by atoms with Crippen LogP contribution in [0.3, 0.4) is 0 Å². The minimum absolute atomic E-state index is 0.0915. The lowest BCUT2D eigenvalue weighted by atomic mass is 10.0. The van der Waals surface area contributed by atoms with Crippen LogP contribution in [-0.4, -0.2) is 55.0 Å². The minimum atomic E-state index is -0.0915. The molecular weight excluding hydrogens is 262 g/mol. The third kappa shape index (κ3) is 3.27. The smallest absolute Gasteiger partial charge is 0.244 e. The molecule has 1 aromatic rings. The Morgan fingerprint density at radius 1 is 1.05 bits per heavy atom. The first-order valence-corrected chi connectivity index (χ1v) is 8.06. The van der Waals surface area contributed by atoms with Crippen LogP contribution in [0.5, 0.6) is 0 Å². The van der Waals surface area contributed by atoms with Crippen LogP contribution in [0.15, 0.2) is 24.3 Å². The van der Waals surface area contributed by atoms with Crippen LogP contribution < -0.4 is 5.32 Å². The van der Waals surface area contributed by atoms with Gasteiger partial charge in [0.15, 0.2) is 0 Å². The van der Waals surface area contributed by atoms with Crippen LogP contribution in [0, 0.1) is 6.92 Å². The Morgan fingerprint density at radius 2 is 1.67 bits per heavy atom. The van der Waals surface area contributed by atoms with Gasteiger partial charge in [-0.1, -0.05) is 29.8 Å². The molecule has 3 rings (SSSR count). The van der Waals surface area contributed by atoms with Crippen molar-refractivity contribution in [1.82, 2.24) is 15.1 Å². The summed E-state index contributed by atoms with van der Waals surface area (Å²) in [6.07, 6.45) is 2.41. The molecule has 4 nitrogen and oxygen atoms in total. The molecule has 1 unspecified atom stereocenters. The van der Waals surface area contributed by atoms with Crippen molar-refractivity contribution in [3.8, 4) is 0 Å². The lowest BCUT2D eigenvalue weighted by molar-refractivity contribution is -0.137. The average molecular weight is 287 g/mol. The topological polar surface area (TPSA) is 35.6 Å². The summed E-state index contributed by atoms with van der Waals surface area (Å²) >= 11 is 0. The maximum Gasteiger partial charge on any atom is 0.244 e. The van der Waals surface area contributed by atoms with Crippen molar-refractivity contribution in [2.24, 2.45) is 0 Å². The first kappa shape index (κ1) is 14.5. The maximum absolute atomic E-state index is 13.0. The Labute approximate surface area is 127 Å². The van der Waals surface area contributed by atoms with Gasteiger partial charge in [0.1, 0.15) is 6.04 Å². The van der Waals surface area contributed by atoms with Gasteiger partial charge in [0.05, 0.1) is 0 Å². The van der Waals surface area contributed by atoms with E-state index in [1.807, 2.05) is 4.90 Å². The van der Waals surface area contributed by atoms with Crippen LogP contribution in [0.4, 0.5) is 0 Å². The van der Waals surface area contributed by atoms with E-state index in [1.54, 1.807) is 0 Å². The fourth-order valence-corrected chi connectivity index (χ4v) is 3.32. The van der Waals surface area contributed by atoms with Crippen LogP contribution in [0.25, 0.3) is 0 Å². The summed E-state index contributed by atoms with van der Waals surface area (Å²) in [4.78, 5) is 17.4. The second-order valence-corrected chi connectivity index (χ2v) is 6.13. The lowest BCUT2D eigenvalue weighted by Crippen LogP contribution is -2.50. The summed E-state index contributed by atoms with van der Waals surface area (Å²) in [6.45, 7) is 7.64. The molecule has 1 amide bonds. The van der Waals surface area contributed by atoms with Gasteiger partial charge in [-0.15, -0.1) is 0 Å². The number of nitrogens with zero attached hydrogens (tertiary/aromatic N) is 2. The van der Waals surface area contributed by atoms with E-state index in [0.717, 1.165) is 44.8 Å². The Bertz CT molecular complexity index is 473. The molecule has 1 N–H and O–H groups in total. The predicted molar refractivity (Wildman–Crippen MR) is 84.2 cm³/mol. The summed E-state index contributed by atoms with van der Waals surface area (Å²) in [5.74, 6) is 0.280. The third-order valence-corrected chi connectivity index (χ3v) is 4.56. The van der Waals surface area contributed by atoms with Crippen LogP contribution in [-0.2, 0) is 4.79 Å². The van der Waals surface area contributed by atoms with E-state index >= 15 is 0 Å². The van der Waals surface area contributed by atoms with E-state index in [2.05, 4.69) is 41.4 Å². The minimum Gasteiger partial charge on any atom is -0.338 e. The first-order chi connectivity index (χ1) is 10.3. The molecule has 114 valence electrons. The van der Waals surface area contributed by atoms with Gasteiger partial charge in [0.25, 0.3) is 0 Å². The summed E-state index contributed by atoms with van der Waals surface area (Å²) in [5.41, 5.74) is 2.39. The zero-order valence-corrected chi connectivity index (χ0v) is 12.8. The fourth-order valence-electron chi connectivity index (χ4n) is 3.32. The lowest BCUT2D eigenvalue weighted by Gasteiger charge is -2.34. The third-order valence-electron chi connectivity index (χ3n) is 4.56. The molecule has 0 radical (unpaired) electrons. The second-order valence-electron chi connectivity index (χ2n) is 6.13. The number of hydrogen-bond donors (Lipinski definition) is 1. The zero-order valence-electron chi connectivity index (χ0n) is 12.8. The number of hydrogen-bond acceptors (Lipinski definition) is 3. The predicted octanol–water partition coefficient (Wildman–Crippen LogP) is 1.56. The Kier molecular flexibility index (Phi) is 4.56. The molecule has 2 aliphatic rings. The van der Waals surface area contributed by atoms with Gasteiger partial charge < -0.3 is 10.2 Å². The van der Waals surface area contributed by atoms with Crippen molar-refractivity contribution < 1.29 is 4.79 Å². The molecule has 1 atom stereocenters. The molecule has 2 aliphatic heterocycles. The maximum atomic E-state index is 13.0. The van der Waals surface area contributed by atoms with Crippen LogP contribution >= 0.6 is 0 Å². The summed E-state index contributed by atoms with van der Waals surface area (Å²) < 4.78 is 0. The van der Waals surface area contributed by atoms with Crippen molar-refractivity contribution in [1.29, 1.82) is 0 Å². The Morgan fingerprint density at radius 3 is 2.29 bits per heavy atom. The normalized spacial score (nSPS) is 21.5. The van der Waals surface area contributed by atoms with Crippen molar-refractivity contribution in [3.05, 3.63) is 35.4 Å². The molecule has 2 heterocycles. The molecule has 0 saturated carbocycles. The zero-order chi connectivity index (χ0) is 14.7. The summed E-state index contributed by atoms with van der Waals surface area (Å²) in [5, 5.41) is 3.32. The molecular formula is C17H25N3O. The van der Waals surface area contributed by atoms with E-state index in [-0.39, 0.29) is 11.9 Å². The first-order valence-electron chi connectivity index (χ1n) is 8.06. The van der Waals surface area contributed by atoms with Crippen LogP contribution in [0.1, 0.15) is 30.0 Å². The van der Waals surface area contributed by atoms with Crippen LogP contribution in [0.2, 0.25) is 0 Å². The standard InChI is InChI=1S/C17H25N3O/c1-14-4-6-15(7-5-14)16(19-10-2-3-11-19)17(21)20-12-8-18-9-13-20/h4-7,16,18H,2-3,8-13H2,1H3. The van der Waals surface area contributed by atoms with E-state index in [9.17, 15) is 4.79 Å². The summed E-state index contributed by atoms with van der Waals surface area (Å²) in [6, 6.07) is 8.38. The number of likely N-dealkylation sites (tertiary alicyclic amines) is 1. The number of carbonyl (C=O) groups excluding carboxylic acids is 1. The van der Waals surface area contributed by atoms with Gasteiger partial charge in [-0.25, -0.2) is 0 Å². The monoisotopic (exact) mass is 287 g/mol. The fraction of sp³-hybridized carbons (Fsp3) is 0.588. The Hall–Kier alpha value is -1.39. The van der Waals surface area contributed by atoms with E-state index < -0.39 is 0 Å². The van der Waals surface area contributed by atoms with Crippen molar-refractivity contribution in [3.63, 3.8) is 0 Å². The van der Waals surface area contributed by atoms with Gasteiger partial charge in [0.2, 0.25) is 5.91 Å². The number of carbonyl (C=O) groups is 1. The highest BCUT2D eigenvalue weighted by Crippen LogP contribution is 2.27. The van der Waals surface area contributed by atoms with Crippen molar-refractivity contribution >= 4 is 5.91 Å². The average Bonchev–Trinajstić information content (AvgIpc) is 3.04. The number of aryl methyl sites for hydroxylation is 1. The molecule has 21 heavy (non-hydrogen) atoms.